The second-order valence-corrected chi connectivity index (χ2v) is 10.1. The van der Waals surface area contributed by atoms with Crippen LogP contribution in [0.3, 0.4) is 0 Å². The predicted molar refractivity (Wildman–Crippen MR) is 101 cm³/mol. The van der Waals surface area contributed by atoms with Crippen molar-refractivity contribution in [3.05, 3.63) is 60.7 Å². The van der Waals surface area contributed by atoms with Gasteiger partial charge in [0.25, 0.3) is 30.3 Å². The van der Waals surface area contributed by atoms with Gasteiger partial charge in [0, 0.05) is 10.8 Å². The van der Waals surface area contributed by atoms with Gasteiger partial charge < -0.3 is 0 Å². The molecule has 3 rings (SSSR count). The molecule has 12 heteroatoms. The molecule has 9 nitrogen and oxygen atoms in total. The molecule has 0 spiro atoms. The number of rotatable bonds is 5. The van der Waals surface area contributed by atoms with Crippen molar-refractivity contribution >= 4 is 46.7 Å². The Bertz CT molecular complexity index is 1380. The second kappa shape index (κ2) is 6.83. The number of anilines is 1. The fourth-order valence-corrected chi connectivity index (χ4v) is 5.18. The van der Waals surface area contributed by atoms with Crippen LogP contribution in [0.25, 0.3) is 10.8 Å². The maximum atomic E-state index is 12.6. The molecular weight excluding hydrogens is 430 g/mol. The maximum absolute atomic E-state index is 12.6. The van der Waals surface area contributed by atoms with E-state index < -0.39 is 45.4 Å². The van der Waals surface area contributed by atoms with E-state index in [4.69, 9.17) is 0 Å². The monoisotopic (exact) mass is 443 g/mol. The van der Waals surface area contributed by atoms with Crippen LogP contribution in [0, 0.1) is 0 Å². The zero-order valence-electron chi connectivity index (χ0n) is 13.8. The lowest BCUT2D eigenvalue weighted by atomic mass is 10.1. The minimum absolute atomic E-state index is 0.119. The molecule has 0 aromatic heterocycles. The summed E-state index contributed by atoms with van der Waals surface area (Å²) in [6.07, 6.45) is 0. The number of hydrogen-bond acceptors (Lipinski definition) is 6. The van der Waals surface area contributed by atoms with E-state index in [2.05, 4.69) is 4.72 Å². The Balaban J connectivity index is 2.36. The van der Waals surface area contributed by atoms with Gasteiger partial charge in [-0.2, -0.15) is 16.8 Å². The number of nitrogens with one attached hydrogen (secondary N) is 1. The molecule has 0 saturated carbocycles. The summed E-state index contributed by atoms with van der Waals surface area (Å²) in [4.78, 5) is -1.48. The van der Waals surface area contributed by atoms with Gasteiger partial charge in [0.15, 0.2) is 0 Å². The molecule has 0 radical (unpaired) electrons. The quantitative estimate of drug-likeness (QED) is 0.507. The fraction of sp³-hybridized carbons (Fsp3) is 0. The summed E-state index contributed by atoms with van der Waals surface area (Å²) in [5.74, 6) is 0. The van der Waals surface area contributed by atoms with Gasteiger partial charge in [-0.25, -0.2) is 8.42 Å². The highest BCUT2D eigenvalue weighted by atomic mass is 32.2. The molecule has 3 aromatic rings. The molecule has 28 heavy (non-hydrogen) atoms. The molecule has 0 fully saturated rings. The summed E-state index contributed by atoms with van der Waals surface area (Å²) < 4.78 is 93.1. The predicted octanol–water partition coefficient (Wildman–Crippen LogP) is 2.13. The molecule has 0 unspecified atom stereocenters. The maximum Gasteiger partial charge on any atom is 0.295 e. The van der Waals surface area contributed by atoms with Crippen molar-refractivity contribution in [2.24, 2.45) is 0 Å². The van der Waals surface area contributed by atoms with Crippen LogP contribution in [0.5, 0.6) is 0 Å². The highest BCUT2D eigenvalue weighted by Gasteiger charge is 2.24. The van der Waals surface area contributed by atoms with Crippen LogP contribution in [0.4, 0.5) is 5.69 Å². The smallest absolute Gasteiger partial charge is 0.282 e. The number of sulfonamides is 1. The highest BCUT2D eigenvalue weighted by molar-refractivity contribution is 7.92. The summed E-state index contributed by atoms with van der Waals surface area (Å²) in [7, 11) is -13.8. The molecule has 0 atom stereocenters. The summed E-state index contributed by atoms with van der Waals surface area (Å²) in [6.45, 7) is 0. The van der Waals surface area contributed by atoms with Gasteiger partial charge in [-0.05, 0) is 30.3 Å². The molecule has 3 aromatic carbocycles. The molecule has 0 heterocycles. The first-order valence-corrected chi connectivity index (χ1v) is 11.9. The van der Waals surface area contributed by atoms with E-state index in [1.54, 1.807) is 6.07 Å². The molecule has 0 aliphatic rings. The Morgan fingerprint density at radius 1 is 0.643 bits per heavy atom. The van der Waals surface area contributed by atoms with Gasteiger partial charge in [0.05, 0.1) is 10.6 Å². The summed E-state index contributed by atoms with van der Waals surface area (Å²) in [6, 6.07) is 12.4. The summed E-state index contributed by atoms with van der Waals surface area (Å²) >= 11 is 0. The van der Waals surface area contributed by atoms with Gasteiger partial charge >= 0.3 is 0 Å². The van der Waals surface area contributed by atoms with E-state index in [0.29, 0.717) is 0 Å². The molecule has 148 valence electrons. The van der Waals surface area contributed by atoms with Crippen molar-refractivity contribution in [2.45, 2.75) is 14.7 Å². The van der Waals surface area contributed by atoms with Crippen LogP contribution in [0.15, 0.2) is 75.4 Å². The van der Waals surface area contributed by atoms with E-state index in [0.717, 1.165) is 24.3 Å². The largest absolute Gasteiger partial charge is 0.295 e. The number of hydrogen-bond donors (Lipinski definition) is 3. The molecule has 0 aliphatic heterocycles. The molecule has 0 amide bonds. The van der Waals surface area contributed by atoms with Gasteiger partial charge in [0.2, 0.25) is 0 Å². The Kier molecular flexibility index (Phi) is 4.93. The van der Waals surface area contributed by atoms with Crippen LogP contribution in [-0.2, 0) is 30.3 Å². The molecular formula is C16H13NO8S3. The van der Waals surface area contributed by atoms with E-state index in [1.807, 2.05) is 0 Å². The third-order valence-electron chi connectivity index (χ3n) is 3.82. The lowest BCUT2D eigenvalue weighted by molar-refractivity contribution is 0.481. The number of benzene rings is 3. The van der Waals surface area contributed by atoms with E-state index >= 15 is 0 Å². The van der Waals surface area contributed by atoms with Crippen LogP contribution in [0.2, 0.25) is 0 Å². The zero-order valence-corrected chi connectivity index (χ0v) is 16.3. The Labute approximate surface area is 161 Å². The standard InChI is InChI=1S/C16H13NO8S3/c18-26(19,11-5-2-1-3-6-11)17-13-9-10-14(27(20,21)22)12-7-4-8-15(16(12)13)28(23,24)25/h1-10,17H,(H,20,21,22)(H,23,24,25). The molecule has 0 bridgehead atoms. The summed E-state index contributed by atoms with van der Waals surface area (Å²) in [5.41, 5.74) is -0.292. The average Bonchev–Trinajstić information content (AvgIpc) is 2.60. The first-order chi connectivity index (χ1) is 12.9. The molecule has 0 aliphatic carbocycles. The minimum atomic E-state index is -4.85. The fourth-order valence-electron chi connectivity index (χ4n) is 2.67. The summed E-state index contributed by atoms with van der Waals surface area (Å²) in [5, 5.41) is -0.689. The van der Waals surface area contributed by atoms with E-state index in [9.17, 15) is 34.4 Å². The van der Waals surface area contributed by atoms with Crippen LogP contribution in [-0.4, -0.2) is 34.4 Å². The first-order valence-electron chi connectivity index (χ1n) is 7.50. The van der Waals surface area contributed by atoms with Gasteiger partial charge in [-0.1, -0.05) is 30.3 Å². The third kappa shape index (κ3) is 3.86. The lowest BCUT2D eigenvalue weighted by Gasteiger charge is -2.14. The molecule has 0 saturated heterocycles. The van der Waals surface area contributed by atoms with Crippen molar-refractivity contribution in [3.63, 3.8) is 0 Å². The Morgan fingerprint density at radius 2 is 1.25 bits per heavy atom. The van der Waals surface area contributed by atoms with Gasteiger partial charge in [-0.3, -0.25) is 13.8 Å². The first kappa shape index (κ1) is 20.2. The van der Waals surface area contributed by atoms with E-state index in [-0.39, 0.29) is 16.0 Å². The third-order valence-corrected chi connectivity index (χ3v) is 7.01. The molecule has 3 N–H and O–H groups in total. The Morgan fingerprint density at radius 3 is 1.82 bits per heavy atom. The Hall–Kier alpha value is -2.51. The second-order valence-electron chi connectivity index (χ2n) is 5.66. The normalized spacial score (nSPS) is 12.8. The van der Waals surface area contributed by atoms with E-state index in [1.165, 1.54) is 30.3 Å². The van der Waals surface area contributed by atoms with Crippen LogP contribution < -0.4 is 4.72 Å². The van der Waals surface area contributed by atoms with Crippen molar-refractivity contribution in [1.29, 1.82) is 0 Å². The van der Waals surface area contributed by atoms with Crippen molar-refractivity contribution < 1.29 is 34.4 Å². The number of fused-ring (bicyclic) bond motifs is 1. The lowest BCUT2D eigenvalue weighted by Crippen LogP contribution is -2.14. The SMILES string of the molecule is O=S(=O)(O)c1ccc(NS(=O)(=O)c2ccccc2)c2c(S(=O)(=O)O)cccc12. The topological polar surface area (TPSA) is 155 Å². The van der Waals surface area contributed by atoms with Gasteiger partial charge in [0.1, 0.15) is 9.79 Å². The van der Waals surface area contributed by atoms with Crippen molar-refractivity contribution in [3.8, 4) is 0 Å². The average molecular weight is 443 g/mol. The minimum Gasteiger partial charge on any atom is -0.282 e. The van der Waals surface area contributed by atoms with Crippen molar-refractivity contribution in [2.75, 3.05) is 4.72 Å². The van der Waals surface area contributed by atoms with Crippen LogP contribution >= 0.6 is 0 Å². The van der Waals surface area contributed by atoms with Crippen molar-refractivity contribution in [1.82, 2.24) is 0 Å². The highest BCUT2D eigenvalue weighted by Crippen LogP contribution is 2.35. The zero-order chi connectivity index (χ0) is 20.7. The van der Waals surface area contributed by atoms with Crippen LogP contribution in [0.1, 0.15) is 0 Å². The van der Waals surface area contributed by atoms with Gasteiger partial charge in [-0.15, -0.1) is 0 Å².